The molecular formula is C32H41Cl2N7O2S. The van der Waals surface area contributed by atoms with Crippen molar-refractivity contribution in [1.82, 2.24) is 30.8 Å². The van der Waals surface area contributed by atoms with E-state index < -0.39 is 5.66 Å². The molecule has 2 aromatic heterocycles. The Morgan fingerprint density at radius 3 is 2.39 bits per heavy atom. The number of nitrogens with zero attached hydrogens (tertiary/aromatic N) is 5. The van der Waals surface area contributed by atoms with Crippen LogP contribution in [0.4, 0.5) is 0 Å². The number of H-pyrrole nitrogens is 1. The molecule has 1 spiro atoms. The van der Waals surface area contributed by atoms with Gasteiger partial charge in [-0.25, -0.2) is 0 Å². The molecule has 236 valence electrons. The van der Waals surface area contributed by atoms with Gasteiger partial charge in [-0.3, -0.25) is 14.6 Å². The number of aromatic nitrogens is 4. The Morgan fingerprint density at radius 2 is 1.80 bits per heavy atom. The highest BCUT2D eigenvalue weighted by Crippen LogP contribution is 2.51. The van der Waals surface area contributed by atoms with Crippen molar-refractivity contribution in [3.63, 3.8) is 0 Å². The molecule has 1 atom stereocenters. The van der Waals surface area contributed by atoms with Crippen LogP contribution in [0, 0.1) is 16.7 Å². The van der Waals surface area contributed by atoms with Gasteiger partial charge in [-0.2, -0.15) is 5.21 Å². The number of hydrogen-bond acceptors (Lipinski definition) is 7. The number of benzene rings is 1. The van der Waals surface area contributed by atoms with E-state index in [0.717, 1.165) is 43.4 Å². The Hall–Kier alpha value is -2.82. The fourth-order valence-corrected chi connectivity index (χ4v) is 7.92. The molecule has 5 rings (SSSR count). The molecule has 0 radical (unpaired) electrons. The molecule has 12 heteroatoms. The molecule has 1 unspecified atom stereocenters. The number of carbonyl (C=O) groups is 2. The van der Waals surface area contributed by atoms with E-state index in [2.05, 4.69) is 67.5 Å². The third-order valence-electron chi connectivity index (χ3n) is 8.79. The van der Waals surface area contributed by atoms with Crippen LogP contribution in [-0.4, -0.2) is 48.7 Å². The molecule has 1 fully saturated rings. The largest absolute Gasteiger partial charge is 0.344 e. The number of thiophene rings is 1. The van der Waals surface area contributed by atoms with Crippen LogP contribution >= 0.6 is 34.5 Å². The van der Waals surface area contributed by atoms with Gasteiger partial charge in [-0.15, -0.1) is 21.5 Å². The number of rotatable bonds is 8. The second-order valence-electron chi connectivity index (χ2n) is 14.2. The Labute approximate surface area is 273 Å². The third kappa shape index (κ3) is 7.18. The maximum atomic E-state index is 14.6. The zero-order valence-electron chi connectivity index (χ0n) is 26.2. The third-order valence-corrected chi connectivity index (χ3v) is 10.4. The first-order valence-electron chi connectivity index (χ1n) is 15.2. The first-order valence-corrected chi connectivity index (χ1v) is 16.7. The highest BCUT2D eigenvalue weighted by atomic mass is 35.5. The number of hydrogen-bond donors (Lipinski definition) is 2. The Balaban J connectivity index is 1.52. The van der Waals surface area contributed by atoms with Crippen LogP contribution < -0.4 is 5.32 Å². The van der Waals surface area contributed by atoms with E-state index in [0.29, 0.717) is 37.9 Å². The van der Waals surface area contributed by atoms with Gasteiger partial charge in [-0.05, 0) is 85.6 Å². The lowest BCUT2D eigenvalue weighted by Crippen LogP contribution is -2.51. The minimum absolute atomic E-state index is 0.0459. The Bertz CT molecular complexity index is 1510. The minimum atomic E-state index is -0.684. The van der Waals surface area contributed by atoms with E-state index in [1.54, 1.807) is 18.2 Å². The number of carbonyl (C=O) groups excluding carboxylic acids is 2. The van der Waals surface area contributed by atoms with E-state index >= 15 is 0 Å². The smallest absolute Gasteiger partial charge is 0.275 e. The molecule has 3 heterocycles. The predicted molar refractivity (Wildman–Crippen MR) is 175 cm³/mol. The SMILES string of the molecule is CC(C)(C)CCC(c1ccc(C(=O)NCc2nn[nH]n2)s1)N1C(=O)C(c2cc(Cl)cc(Cl)c2)=NC12CCC(C(C)(C)C)CC2. The summed E-state index contributed by atoms with van der Waals surface area (Å²) >= 11 is 14.2. The monoisotopic (exact) mass is 657 g/mol. The number of aliphatic imine (C=N–C) groups is 1. The van der Waals surface area contributed by atoms with Gasteiger partial charge < -0.3 is 10.2 Å². The van der Waals surface area contributed by atoms with Gasteiger partial charge in [0, 0.05) is 20.5 Å². The maximum Gasteiger partial charge on any atom is 0.275 e. The molecule has 1 aliphatic heterocycles. The van der Waals surface area contributed by atoms with E-state index in [1.807, 2.05) is 17.0 Å². The fourth-order valence-electron chi connectivity index (χ4n) is 6.35. The van der Waals surface area contributed by atoms with Gasteiger partial charge in [0.25, 0.3) is 11.8 Å². The van der Waals surface area contributed by atoms with Crippen LogP contribution in [0.5, 0.6) is 0 Å². The zero-order valence-corrected chi connectivity index (χ0v) is 28.5. The van der Waals surface area contributed by atoms with Crippen LogP contribution in [0.1, 0.15) is 112 Å². The molecule has 1 aromatic carbocycles. The van der Waals surface area contributed by atoms with Crippen molar-refractivity contribution in [2.24, 2.45) is 21.7 Å². The number of halogens is 2. The molecule has 0 saturated heterocycles. The van der Waals surface area contributed by atoms with Crippen molar-refractivity contribution in [3.05, 3.63) is 61.5 Å². The highest BCUT2D eigenvalue weighted by Gasteiger charge is 2.53. The normalized spacial score (nSPS) is 21.5. The van der Waals surface area contributed by atoms with E-state index in [1.165, 1.54) is 11.3 Å². The second kappa shape index (κ2) is 12.5. The Kier molecular flexibility index (Phi) is 9.27. The highest BCUT2D eigenvalue weighted by molar-refractivity contribution is 7.14. The van der Waals surface area contributed by atoms with Crippen LogP contribution in [0.25, 0.3) is 0 Å². The molecule has 1 aliphatic carbocycles. The van der Waals surface area contributed by atoms with Crippen molar-refractivity contribution >= 4 is 52.1 Å². The van der Waals surface area contributed by atoms with Gasteiger partial charge in [0.05, 0.1) is 17.5 Å². The molecule has 2 amide bonds. The van der Waals surface area contributed by atoms with Gasteiger partial charge >= 0.3 is 0 Å². The lowest BCUT2D eigenvalue weighted by molar-refractivity contribution is -0.133. The van der Waals surface area contributed by atoms with Crippen molar-refractivity contribution in [1.29, 1.82) is 0 Å². The molecule has 2 N–H and O–H groups in total. The van der Waals surface area contributed by atoms with Crippen LogP contribution in [0.3, 0.4) is 0 Å². The van der Waals surface area contributed by atoms with Crippen molar-refractivity contribution in [2.45, 2.75) is 98.3 Å². The van der Waals surface area contributed by atoms with Crippen molar-refractivity contribution < 1.29 is 9.59 Å². The average Bonchev–Trinajstić information content (AvgIpc) is 3.68. The molecule has 44 heavy (non-hydrogen) atoms. The van der Waals surface area contributed by atoms with Crippen molar-refractivity contribution in [2.75, 3.05) is 0 Å². The quantitative estimate of drug-likeness (QED) is 0.258. The van der Waals surface area contributed by atoms with Crippen LogP contribution in [-0.2, 0) is 11.3 Å². The molecule has 9 nitrogen and oxygen atoms in total. The average molecular weight is 659 g/mol. The van der Waals surface area contributed by atoms with Crippen LogP contribution in [0.2, 0.25) is 10.0 Å². The molecule has 2 aliphatic rings. The Morgan fingerprint density at radius 1 is 1.11 bits per heavy atom. The number of tetrazole rings is 1. The summed E-state index contributed by atoms with van der Waals surface area (Å²) in [5.41, 5.74) is 0.570. The number of nitrogens with one attached hydrogen (secondary N) is 2. The summed E-state index contributed by atoms with van der Waals surface area (Å²) in [5, 5.41) is 17.5. The summed E-state index contributed by atoms with van der Waals surface area (Å²) in [6, 6.07) is 8.76. The summed E-state index contributed by atoms with van der Waals surface area (Å²) in [7, 11) is 0. The summed E-state index contributed by atoms with van der Waals surface area (Å²) in [6.07, 6.45) is 5.11. The molecule has 3 aromatic rings. The topological polar surface area (TPSA) is 116 Å². The maximum absolute atomic E-state index is 14.6. The summed E-state index contributed by atoms with van der Waals surface area (Å²) in [4.78, 5) is 36.5. The molecular weight excluding hydrogens is 617 g/mol. The van der Waals surface area contributed by atoms with Gasteiger partial charge in [0.2, 0.25) is 0 Å². The zero-order chi connectivity index (χ0) is 31.9. The van der Waals surface area contributed by atoms with E-state index in [4.69, 9.17) is 28.2 Å². The van der Waals surface area contributed by atoms with Gasteiger partial charge in [0.15, 0.2) is 5.82 Å². The number of aromatic amines is 1. The fraction of sp³-hybridized carbons (Fsp3) is 0.562. The first kappa shape index (κ1) is 32.6. The van der Waals surface area contributed by atoms with E-state index in [-0.39, 0.29) is 35.2 Å². The minimum Gasteiger partial charge on any atom is -0.344 e. The predicted octanol–water partition coefficient (Wildman–Crippen LogP) is 7.63. The molecule has 1 saturated carbocycles. The van der Waals surface area contributed by atoms with Crippen molar-refractivity contribution in [3.8, 4) is 0 Å². The second-order valence-corrected chi connectivity index (χ2v) is 16.2. The van der Waals surface area contributed by atoms with E-state index in [9.17, 15) is 9.59 Å². The lowest BCUT2D eigenvalue weighted by atomic mass is 9.69. The lowest BCUT2D eigenvalue weighted by Gasteiger charge is -2.47. The summed E-state index contributed by atoms with van der Waals surface area (Å²) in [5.74, 6) is 0.598. The summed E-state index contributed by atoms with van der Waals surface area (Å²) < 4.78 is 0. The first-order chi connectivity index (χ1) is 20.6. The molecule has 0 bridgehead atoms. The standard InChI is InChI=1S/C32H41Cl2N7O2S/c1-30(2,3)12-11-23(24-7-8-25(44-24)28(42)35-18-26-37-39-40-38-26)41-29(43)27(19-15-21(33)17-22(34)16-19)36-32(41)13-9-20(10-14-32)31(4,5)6/h7-8,15-17,20,23H,9-14,18H2,1-6H3,(H,35,42)(H,37,38,39,40). The van der Waals surface area contributed by atoms with Gasteiger partial charge in [-0.1, -0.05) is 70.0 Å². The van der Waals surface area contributed by atoms with Gasteiger partial charge in [0.1, 0.15) is 11.4 Å². The van der Waals surface area contributed by atoms with Crippen LogP contribution in [0.15, 0.2) is 35.3 Å². The summed E-state index contributed by atoms with van der Waals surface area (Å²) in [6.45, 7) is 13.7. The number of amides is 2.